The first-order chi connectivity index (χ1) is 13.7. The van der Waals surface area contributed by atoms with Gasteiger partial charge in [-0.05, 0) is 54.6 Å². The predicted octanol–water partition coefficient (Wildman–Crippen LogP) is 5.54. The average molecular weight is 390 g/mol. The van der Waals surface area contributed by atoms with Gasteiger partial charge < -0.3 is 14.2 Å². The van der Waals surface area contributed by atoms with Gasteiger partial charge in [0.25, 0.3) is 5.91 Å². The smallest absolute Gasteiger partial charge is 0.291 e. The molecule has 0 aliphatic heterocycles. The number of aromatic nitrogens is 2. The van der Waals surface area contributed by atoms with Crippen molar-refractivity contribution >= 4 is 45.3 Å². The van der Waals surface area contributed by atoms with Gasteiger partial charge in [-0.2, -0.15) is 0 Å². The Bertz CT molecular complexity index is 1330. The van der Waals surface area contributed by atoms with Crippen LogP contribution in [0.25, 0.3) is 33.5 Å². The number of halogens is 1. The molecule has 0 bridgehead atoms. The molecular formula is C21H12ClN3O3. The summed E-state index contributed by atoms with van der Waals surface area (Å²) in [6.07, 6.45) is 3.35. The number of nitrogens with one attached hydrogen (secondary N) is 1. The van der Waals surface area contributed by atoms with Gasteiger partial charge in [0.15, 0.2) is 11.3 Å². The molecule has 6 nitrogen and oxygen atoms in total. The summed E-state index contributed by atoms with van der Waals surface area (Å²) in [5.41, 5.74) is 3.29. The highest BCUT2D eigenvalue weighted by atomic mass is 35.5. The van der Waals surface area contributed by atoms with E-state index < -0.39 is 0 Å². The first-order valence-corrected chi connectivity index (χ1v) is 8.85. The number of benzene rings is 2. The summed E-state index contributed by atoms with van der Waals surface area (Å²) in [5, 5.41) is 4.17. The van der Waals surface area contributed by atoms with E-state index in [1.165, 1.54) is 0 Å². The zero-order chi connectivity index (χ0) is 19.1. The number of nitrogens with zero attached hydrogens (tertiary/aromatic N) is 2. The lowest BCUT2D eigenvalue weighted by molar-refractivity contribution is 0.0998. The van der Waals surface area contributed by atoms with Crippen molar-refractivity contribution in [1.29, 1.82) is 0 Å². The number of rotatable bonds is 3. The van der Waals surface area contributed by atoms with E-state index in [0.29, 0.717) is 33.3 Å². The van der Waals surface area contributed by atoms with Crippen LogP contribution in [0.4, 0.5) is 5.69 Å². The van der Waals surface area contributed by atoms with Crippen LogP contribution >= 0.6 is 11.6 Å². The number of carbonyl (C=O) groups is 1. The Morgan fingerprint density at radius 3 is 2.61 bits per heavy atom. The fourth-order valence-electron chi connectivity index (χ4n) is 2.94. The van der Waals surface area contributed by atoms with Gasteiger partial charge in [0, 0.05) is 34.1 Å². The van der Waals surface area contributed by atoms with Crippen molar-refractivity contribution in [3.05, 3.63) is 77.8 Å². The second-order valence-electron chi connectivity index (χ2n) is 6.18. The number of carbonyl (C=O) groups excluding carboxylic acids is 1. The van der Waals surface area contributed by atoms with E-state index in [1.54, 1.807) is 54.9 Å². The number of hydrogen-bond acceptors (Lipinski definition) is 5. The third kappa shape index (κ3) is 3.00. The highest BCUT2D eigenvalue weighted by Crippen LogP contribution is 2.27. The third-order valence-electron chi connectivity index (χ3n) is 4.27. The number of furan rings is 1. The largest absolute Gasteiger partial charge is 0.451 e. The molecule has 136 valence electrons. The number of pyridine rings is 1. The number of amides is 1. The first kappa shape index (κ1) is 16.5. The van der Waals surface area contributed by atoms with Crippen LogP contribution in [0.3, 0.4) is 0 Å². The lowest BCUT2D eigenvalue weighted by Gasteiger charge is -2.02. The van der Waals surface area contributed by atoms with Crippen molar-refractivity contribution < 1.29 is 13.6 Å². The van der Waals surface area contributed by atoms with Crippen LogP contribution in [0.1, 0.15) is 10.6 Å². The Kier molecular flexibility index (Phi) is 3.84. The Morgan fingerprint density at radius 2 is 1.75 bits per heavy atom. The van der Waals surface area contributed by atoms with E-state index in [1.807, 2.05) is 12.1 Å². The maximum atomic E-state index is 12.5. The van der Waals surface area contributed by atoms with Gasteiger partial charge in [0.2, 0.25) is 5.89 Å². The van der Waals surface area contributed by atoms with Gasteiger partial charge in [-0.15, -0.1) is 0 Å². The van der Waals surface area contributed by atoms with E-state index in [-0.39, 0.29) is 11.7 Å². The summed E-state index contributed by atoms with van der Waals surface area (Å²) in [5.74, 6) is 0.342. The summed E-state index contributed by atoms with van der Waals surface area (Å²) in [6, 6.07) is 15.8. The maximum absolute atomic E-state index is 12.5. The van der Waals surface area contributed by atoms with E-state index in [0.717, 1.165) is 10.9 Å². The molecule has 0 saturated heterocycles. The molecule has 5 rings (SSSR count). The molecule has 0 aliphatic rings. The Hall–Kier alpha value is -3.64. The fraction of sp³-hybridized carbons (Fsp3) is 0. The lowest BCUT2D eigenvalue weighted by Crippen LogP contribution is -2.10. The number of hydrogen-bond donors (Lipinski definition) is 1. The lowest BCUT2D eigenvalue weighted by atomic mass is 10.2. The van der Waals surface area contributed by atoms with Crippen molar-refractivity contribution in [2.75, 3.05) is 5.32 Å². The summed E-state index contributed by atoms with van der Waals surface area (Å²) in [6.45, 7) is 0. The van der Waals surface area contributed by atoms with Crippen molar-refractivity contribution in [2.24, 2.45) is 0 Å². The molecule has 5 aromatic rings. The van der Waals surface area contributed by atoms with Crippen molar-refractivity contribution in [3.63, 3.8) is 0 Å². The van der Waals surface area contributed by atoms with Crippen LogP contribution in [0.15, 0.2) is 75.8 Å². The summed E-state index contributed by atoms with van der Waals surface area (Å²) in [4.78, 5) is 21.0. The zero-order valence-electron chi connectivity index (χ0n) is 14.3. The first-order valence-electron chi connectivity index (χ1n) is 8.47. The van der Waals surface area contributed by atoms with Crippen molar-refractivity contribution in [3.8, 4) is 11.5 Å². The maximum Gasteiger partial charge on any atom is 0.291 e. The van der Waals surface area contributed by atoms with Gasteiger partial charge in [-0.25, -0.2) is 4.98 Å². The zero-order valence-corrected chi connectivity index (χ0v) is 15.1. The molecule has 3 heterocycles. The molecule has 28 heavy (non-hydrogen) atoms. The van der Waals surface area contributed by atoms with Crippen LogP contribution in [-0.4, -0.2) is 15.9 Å². The van der Waals surface area contributed by atoms with Crippen molar-refractivity contribution in [2.45, 2.75) is 0 Å². The summed E-state index contributed by atoms with van der Waals surface area (Å²) >= 11 is 5.98. The van der Waals surface area contributed by atoms with Crippen LogP contribution < -0.4 is 5.32 Å². The molecule has 1 amide bonds. The summed E-state index contributed by atoms with van der Waals surface area (Å²) < 4.78 is 11.4. The molecule has 7 heteroatoms. The van der Waals surface area contributed by atoms with E-state index >= 15 is 0 Å². The van der Waals surface area contributed by atoms with Crippen LogP contribution in [0.5, 0.6) is 0 Å². The number of fused-ring (bicyclic) bond motifs is 2. The molecule has 0 radical (unpaired) electrons. The fourth-order valence-corrected chi connectivity index (χ4v) is 3.12. The highest BCUT2D eigenvalue weighted by Gasteiger charge is 2.14. The minimum Gasteiger partial charge on any atom is -0.451 e. The van der Waals surface area contributed by atoms with Crippen LogP contribution in [-0.2, 0) is 0 Å². The molecule has 0 atom stereocenters. The van der Waals surface area contributed by atoms with Gasteiger partial charge in [-0.3, -0.25) is 9.78 Å². The molecular weight excluding hydrogens is 378 g/mol. The highest BCUT2D eigenvalue weighted by molar-refractivity contribution is 6.31. The SMILES string of the molecule is O=C(Nc1ccc2oc(-c3ccncc3)nc2c1)c1cc2cc(Cl)ccc2o1. The van der Waals surface area contributed by atoms with E-state index in [9.17, 15) is 4.79 Å². The molecule has 0 aliphatic carbocycles. The topological polar surface area (TPSA) is 81.2 Å². The van der Waals surface area contributed by atoms with Crippen LogP contribution in [0.2, 0.25) is 5.02 Å². The van der Waals surface area contributed by atoms with Crippen molar-refractivity contribution in [1.82, 2.24) is 9.97 Å². The minimum atomic E-state index is -0.357. The van der Waals surface area contributed by atoms with Gasteiger partial charge in [0.05, 0.1) is 0 Å². The van der Waals surface area contributed by atoms with Gasteiger partial charge in [0.1, 0.15) is 11.1 Å². The number of oxazole rings is 1. The number of anilines is 1. The Morgan fingerprint density at radius 1 is 0.929 bits per heavy atom. The third-order valence-corrected chi connectivity index (χ3v) is 4.51. The second-order valence-corrected chi connectivity index (χ2v) is 6.62. The molecule has 0 fully saturated rings. The monoisotopic (exact) mass is 389 g/mol. The summed E-state index contributed by atoms with van der Waals surface area (Å²) in [7, 11) is 0. The van der Waals surface area contributed by atoms with E-state index in [4.69, 9.17) is 20.4 Å². The van der Waals surface area contributed by atoms with Gasteiger partial charge >= 0.3 is 0 Å². The minimum absolute atomic E-state index is 0.204. The quantitative estimate of drug-likeness (QED) is 0.438. The molecule has 0 spiro atoms. The van der Waals surface area contributed by atoms with E-state index in [2.05, 4.69) is 15.3 Å². The molecule has 0 saturated carbocycles. The Balaban J connectivity index is 1.43. The molecule has 0 unspecified atom stereocenters. The van der Waals surface area contributed by atoms with Crippen LogP contribution in [0, 0.1) is 0 Å². The second kappa shape index (κ2) is 6.51. The van der Waals surface area contributed by atoms with Gasteiger partial charge in [-0.1, -0.05) is 11.6 Å². The molecule has 2 aromatic carbocycles. The average Bonchev–Trinajstić information content (AvgIpc) is 3.32. The Labute approximate surface area is 163 Å². The standard InChI is InChI=1S/C21H12ClN3O3/c22-14-1-3-17-13(9-14)10-19(27-17)20(26)24-15-2-4-18-16(11-15)25-21(28-18)12-5-7-23-8-6-12/h1-11H,(H,24,26). The molecule has 1 N–H and O–H groups in total. The predicted molar refractivity (Wildman–Crippen MR) is 106 cm³/mol. The normalized spacial score (nSPS) is 11.2. The molecule has 3 aromatic heterocycles.